The summed E-state index contributed by atoms with van der Waals surface area (Å²) >= 11 is 0. The number of carboxylic acids is 1. The molecule has 33 heavy (non-hydrogen) atoms. The first kappa shape index (κ1) is 22.9. The minimum atomic E-state index is -1.46. The first-order valence-electron chi connectivity index (χ1n) is 9.08. The molecule has 1 aliphatic rings. The summed E-state index contributed by atoms with van der Waals surface area (Å²) in [6, 6.07) is 7.60. The fourth-order valence-corrected chi connectivity index (χ4v) is 3.19. The van der Waals surface area contributed by atoms with E-state index in [1.807, 2.05) is 0 Å². The van der Waals surface area contributed by atoms with Gasteiger partial charge in [-0.25, -0.2) is 14.4 Å². The first-order chi connectivity index (χ1) is 15.7. The highest BCUT2D eigenvalue weighted by atomic mass is 16.7. The Kier molecular flexibility index (Phi) is 6.38. The predicted molar refractivity (Wildman–Crippen MR) is 111 cm³/mol. The summed E-state index contributed by atoms with van der Waals surface area (Å²) in [5, 5.41) is 29.4. The van der Waals surface area contributed by atoms with Gasteiger partial charge in [0.1, 0.15) is 28.2 Å². The Bertz CT molecular complexity index is 1220. The summed E-state index contributed by atoms with van der Waals surface area (Å²) < 4.78 is 0. The minimum Gasteiger partial charge on any atom is -0.507 e. The van der Waals surface area contributed by atoms with Gasteiger partial charge in [-0.05, 0) is 58.7 Å². The summed E-state index contributed by atoms with van der Waals surface area (Å²) in [6.45, 7) is 0. The average molecular weight is 452 g/mol. The number of carbonyl (C=O) groups excluding carboxylic acids is 3. The molecular weight excluding hydrogens is 436 g/mol. The van der Waals surface area contributed by atoms with E-state index in [1.54, 1.807) is 0 Å². The van der Waals surface area contributed by atoms with Crippen molar-refractivity contribution in [3.8, 4) is 11.5 Å². The molecule has 0 atom stereocenters. The Morgan fingerprint density at radius 2 is 1.27 bits per heavy atom. The van der Waals surface area contributed by atoms with E-state index in [2.05, 4.69) is 9.68 Å². The van der Waals surface area contributed by atoms with Gasteiger partial charge in [0.15, 0.2) is 5.78 Å². The Morgan fingerprint density at radius 1 is 0.788 bits per heavy atom. The van der Waals surface area contributed by atoms with Gasteiger partial charge in [0, 0.05) is 0 Å². The number of hydrogen-bond donors (Lipinski definition) is 5. The normalized spacial score (nSPS) is 12.7. The van der Waals surface area contributed by atoms with Crippen molar-refractivity contribution in [1.29, 1.82) is 0 Å². The molecule has 2 aromatic rings. The summed E-state index contributed by atoms with van der Waals surface area (Å²) in [4.78, 5) is 55.7. The molecule has 0 aromatic heterocycles. The number of aliphatic carboxylic acids is 1. The number of phenols is 2. The Balaban J connectivity index is 2.36. The molecular formula is C22H16N2O9. The molecule has 1 aliphatic carbocycles. The number of allylic oxidation sites excluding steroid dienone is 4. The van der Waals surface area contributed by atoms with Crippen LogP contribution < -0.4 is 11.8 Å². The molecule has 0 unspecified atom stereocenters. The second-order valence-electron chi connectivity index (χ2n) is 6.67. The van der Waals surface area contributed by atoms with Crippen LogP contribution in [0, 0.1) is 0 Å². The molecule has 0 aliphatic heterocycles. The van der Waals surface area contributed by atoms with Gasteiger partial charge in [0.05, 0.1) is 0 Å². The van der Waals surface area contributed by atoms with E-state index in [-0.39, 0.29) is 33.4 Å². The molecule has 0 spiro atoms. The van der Waals surface area contributed by atoms with E-state index in [4.69, 9.17) is 11.8 Å². The SMILES string of the molecule is NOC(=O)c1cc(C(=C2C=CC(=O)C(C(=O)O)=C2)c2ccc(O)c(C(=O)ON)c2)ccc1O. The number of hydrogen-bond acceptors (Lipinski definition) is 10. The molecule has 7 N–H and O–H groups in total. The van der Waals surface area contributed by atoms with Gasteiger partial charge in [-0.2, -0.15) is 11.8 Å². The zero-order valence-electron chi connectivity index (χ0n) is 16.6. The van der Waals surface area contributed by atoms with Crippen LogP contribution in [-0.2, 0) is 19.3 Å². The van der Waals surface area contributed by atoms with Crippen molar-refractivity contribution in [3.05, 3.63) is 88.0 Å². The predicted octanol–water partition coefficient (Wildman–Crippen LogP) is 1.11. The van der Waals surface area contributed by atoms with Crippen molar-refractivity contribution in [3.63, 3.8) is 0 Å². The largest absolute Gasteiger partial charge is 0.507 e. The van der Waals surface area contributed by atoms with Crippen LogP contribution in [0.15, 0.2) is 65.8 Å². The maximum absolute atomic E-state index is 12.0. The van der Waals surface area contributed by atoms with Gasteiger partial charge in [-0.15, -0.1) is 0 Å². The van der Waals surface area contributed by atoms with Crippen LogP contribution in [0.1, 0.15) is 31.8 Å². The van der Waals surface area contributed by atoms with Crippen molar-refractivity contribution in [2.75, 3.05) is 0 Å². The van der Waals surface area contributed by atoms with Crippen LogP contribution in [0.25, 0.3) is 5.57 Å². The standard InChI is InChI=1S/C22H16N2O9/c23-32-21(30)14-8-11(2-5-17(14)26)19(10-1-4-16(25)13(7-10)20(28)29)12-3-6-18(27)15(9-12)22(31)33-24/h1-9,26-27H,23-24H2,(H,28,29). The van der Waals surface area contributed by atoms with Gasteiger partial charge in [0.2, 0.25) is 0 Å². The summed E-state index contributed by atoms with van der Waals surface area (Å²) in [6.07, 6.45) is 3.50. The third kappa shape index (κ3) is 4.49. The Hall–Kier alpha value is -4.74. The van der Waals surface area contributed by atoms with Crippen LogP contribution >= 0.6 is 0 Å². The molecule has 0 saturated heterocycles. The highest BCUT2D eigenvalue weighted by Gasteiger charge is 2.23. The van der Waals surface area contributed by atoms with Crippen LogP contribution in [0.5, 0.6) is 11.5 Å². The highest BCUT2D eigenvalue weighted by molar-refractivity contribution is 6.23. The van der Waals surface area contributed by atoms with Crippen LogP contribution in [0.4, 0.5) is 0 Å². The summed E-state index contributed by atoms with van der Waals surface area (Å²) in [7, 11) is 0. The maximum Gasteiger partial charge on any atom is 0.360 e. The van der Waals surface area contributed by atoms with Gasteiger partial charge >= 0.3 is 17.9 Å². The van der Waals surface area contributed by atoms with E-state index in [0.29, 0.717) is 0 Å². The molecule has 3 rings (SSSR count). The molecule has 11 nitrogen and oxygen atoms in total. The number of benzene rings is 2. The quantitative estimate of drug-likeness (QED) is 0.321. The number of rotatable bonds is 5. The van der Waals surface area contributed by atoms with Gasteiger partial charge in [0.25, 0.3) is 0 Å². The third-order valence-corrected chi connectivity index (χ3v) is 4.72. The second-order valence-corrected chi connectivity index (χ2v) is 6.67. The third-order valence-electron chi connectivity index (χ3n) is 4.72. The molecule has 2 aromatic carbocycles. The Labute approximate surface area is 185 Å². The van der Waals surface area contributed by atoms with Gasteiger partial charge in [-0.3, -0.25) is 4.79 Å². The molecule has 168 valence electrons. The van der Waals surface area contributed by atoms with Gasteiger partial charge in [-0.1, -0.05) is 18.2 Å². The van der Waals surface area contributed by atoms with E-state index in [0.717, 1.165) is 12.2 Å². The van der Waals surface area contributed by atoms with Gasteiger partial charge < -0.3 is 25.0 Å². The fraction of sp³-hybridized carbons (Fsp3) is 0. The molecule has 0 heterocycles. The van der Waals surface area contributed by atoms with E-state index in [9.17, 15) is 34.5 Å². The Morgan fingerprint density at radius 3 is 1.70 bits per heavy atom. The smallest absolute Gasteiger partial charge is 0.360 e. The topological polar surface area (TPSA) is 199 Å². The average Bonchev–Trinajstić information content (AvgIpc) is 2.81. The van der Waals surface area contributed by atoms with Crippen molar-refractivity contribution in [1.82, 2.24) is 0 Å². The van der Waals surface area contributed by atoms with Crippen molar-refractivity contribution < 1.29 is 44.2 Å². The number of carboxylic acid groups (broad SMARTS) is 1. The van der Waals surface area contributed by atoms with Crippen LogP contribution in [0.3, 0.4) is 0 Å². The number of nitrogens with two attached hydrogens (primary N) is 2. The maximum atomic E-state index is 12.0. The molecule has 0 saturated carbocycles. The molecule has 11 heteroatoms. The van der Waals surface area contributed by atoms with Crippen molar-refractivity contribution in [2.45, 2.75) is 0 Å². The number of carbonyl (C=O) groups is 4. The highest BCUT2D eigenvalue weighted by Crippen LogP contribution is 2.35. The zero-order chi connectivity index (χ0) is 24.3. The number of ketones is 1. The second kappa shape index (κ2) is 9.18. The number of aromatic hydroxyl groups is 2. The van der Waals surface area contributed by atoms with Crippen molar-refractivity contribution in [2.24, 2.45) is 11.8 Å². The summed E-state index contributed by atoms with van der Waals surface area (Å²) in [5.41, 5.74) is -0.177. The molecule has 0 amide bonds. The minimum absolute atomic E-state index is 0.211. The lowest BCUT2D eigenvalue weighted by molar-refractivity contribution is -0.134. The summed E-state index contributed by atoms with van der Waals surface area (Å²) in [5.74, 6) is 4.67. The van der Waals surface area contributed by atoms with Crippen LogP contribution in [0.2, 0.25) is 0 Å². The first-order valence-corrected chi connectivity index (χ1v) is 9.08. The molecule has 0 fully saturated rings. The monoisotopic (exact) mass is 452 g/mol. The lowest BCUT2D eigenvalue weighted by atomic mass is 9.87. The van der Waals surface area contributed by atoms with Crippen LogP contribution in [-0.4, -0.2) is 39.0 Å². The lowest BCUT2D eigenvalue weighted by Gasteiger charge is -2.17. The number of phenolic OH excluding ortho intramolecular Hbond substituents is 2. The van der Waals surface area contributed by atoms with E-state index < -0.39 is 40.8 Å². The van der Waals surface area contributed by atoms with Crippen molar-refractivity contribution >= 4 is 29.3 Å². The van der Waals surface area contributed by atoms with E-state index >= 15 is 0 Å². The molecule has 0 bridgehead atoms. The fourth-order valence-electron chi connectivity index (χ4n) is 3.19. The molecule has 0 radical (unpaired) electrons. The van der Waals surface area contributed by atoms with E-state index in [1.165, 1.54) is 42.5 Å². The zero-order valence-corrected chi connectivity index (χ0v) is 16.6. The lowest BCUT2D eigenvalue weighted by Crippen LogP contribution is -2.14.